The zero-order valence-electron chi connectivity index (χ0n) is 18.2. The lowest BCUT2D eigenvalue weighted by Gasteiger charge is -2.15. The molecule has 0 bridgehead atoms. The summed E-state index contributed by atoms with van der Waals surface area (Å²) in [5.41, 5.74) is 1.41. The summed E-state index contributed by atoms with van der Waals surface area (Å²) in [7, 11) is 0. The number of thiophene rings is 1. The van der Waals surface area contributed by atoms with Gasteiger partial charge in [0.2, 0.25) is 5.91 Å². The highest BCUT2D eigenvalue weighted by Crippen LogP contribution is 2.29. The molecule has 0 aliphatic carbocycles. The largest absolute Gasteiger partial charge is 0.376 e. The van der Waals surface area contributed by atoms with Gasteiger partial charge in [-0.2, -0.15) is 0 Å². The molecular weight excluding hydrogens is 440 g/mol. The first kappa shape index (κ1) is 21.5. The number of fused-ring (bicyclic) bond motifs is 3. The molecule has 1 aliphatic rings. The summed E-state index contributed by atoms with van der Waals surface area (Å²) in [6, 6.07) is 11.2. The number of nitrogens with one attached hydrogen (secondary N) is 1. The van der Waals surface area contributed by atoms with Crippen molar-refractivity contribution in [2.75, 3.05) is 11.9 Å². The predicted octanol–water partition coefficient (Wildman–Crippen LogP) is 3.15. The lowest BCUT2D eigenvalue weighted by Crippen LogP contribution is -2.43. The monoisotopic (exact) mass is 464 g/mol. The van der Waals surface area contributed by atoms with E-state index in [0.717, 1.165) is 19.3 Å². The molecule has 1 fully saturated rings. The van der Waals surface area contributed by atoms with Crippen molar-refractivity contribution in [1.29, 1.82) is 0 Å². The molecule has 0 radical (unpaired) electrons. The highest BCUT2D eigenvalue weighted by Gasteiger charge is 2.23. The van der Waals surface area contributed by atoms with Gasteiger partial charge in [0.05, 0.1) is 18.2 Å². The third kappa shape index (κ3) is 4.09. The van der Waals surface area contributed by atoms with Gasteiger partial charge in [0, 0.05) is 23.9 Å². The molecular formula is C24H24N4O4S. The first-order chi connectivity index (χ1) is 16.0. The van der Waals surface area contributed by atoms with E-state index in [9.17, 15) is 14.4 Å². The van der Waals surface area contributed by atoms with Gasteiger partial charge < -0.3 is 10.1 Å². The Morgan fingerprint density at radius 1 is 1.21 bits per heavy atom. The Kier molecular flexibility index (Phi) is 5.82. The summed E-state index contributed by atoms with van der Waals surface area (Å²) < 4.78 is 8.67. The molecule has 1 N–H and O–H groups in total. The molecule has 1 aliphatic heterocycles. The molecule has 4 aromatic rings. The summed E-state index contributed by atoms with van der Waals surface area (Å²) in [4.78, 5) is 44.7. The van der Waals surface area contributed by atoms with Crippen molar-refractivity contribution in [1.82, 2.24) is 14.1 Å². The lowest BCUT2D eigenvalue weighted by molar-refractivity contribution is -0.116. The number of aromatic nitrogens is 3. The first-order valence-electron chi connectivity index (χ1n) is 11.1. The molecule has 1 atom stereocenters. The third-order valence-corrected chi connectivity index (χ3v) is 7.06. The maximum atomic E-state index is 13.5. The minimum Gasteiger partial charge on any atom is -0.376 e. The molecule has 170 valence electrons. The molecule has 4 heterocycles. The summed E-state index contributed by atoms with van der Waals surface area (Å²) in [6.07, 6.45) is 4.08. The van der Waals surface area contributed by atoms with Gasteiger partial charge in [-0.3, -0.25) is 18.7 Å². The Balaban J connectivity index is 1.58. The molecule has 1 aromatic carbocycles. The van der Waals surface area contributed by atoms with Crippen LogP contribution in [0.25, 0.3) is 20.4 Å². The molecule has 3 aromatic heterocycles. The zero-order valence-corrected chi connectivity index (χ0v) is 19.1. The smallest absolute Gasteiger partial charge is 0.332 e. The first-order valence-corrected chi connectivity index (χ1v) is 11.9. The van der Waals surface area contributed by atoms with Crippen LogP contribution in [-0.4, -0.2) is 32.7 Å². The average Bonchev–Trinajstić information content (AvgIpc) is 3.48. The molecule has 8 nitrogen and oxygen atoms in total. The average molecular weight is 465 g/mol. The Hall–Kier alpha value is -3.30. The standard InChI is InChI=1S/C24H24N4O4S/c1-2-15-7-9-16(10-8-15)26-19(29)14-27-20-18-6-3-11-25-22(18)33-21(20)23(30)28(24(27)31)13-17-5-4-12-32-17/h3,6-11,17H,2,4-5,12-14H2,1H3,(H,26,29)/t17-/m0/s1. The number of benzene rings is 1. The second-order valence-corrected chi connectivity index (χ2v) is 9.15. The predicted molar refractivity (Wildman–Crippen MR) is 129 cm³/mol. The topological polar surface area (TPSA) is 95.2 Å². The third-order valence-electron chi connectivity index (χ3n) is 5.97. The minimum atomic E-state index is -0.511. The highest BCUT2D eigenvalue weighted by atomic mass is 32.1. The van der Waals surface area contributed by atoms with E-state index in [2.05, 4.69) is 17.2 Å². The van der Waals surface area contributed by atoms with Crippen molar-refractivity contribution in [2.45, 2.75) is 45.4 Å². The number of anilines is 1. The number of hydrogen-bond donors (Lipinski definition) is 1. The van der Waals surface area contributed by atoms with Crippen LogP contribution >= 0.6 is 11.3 Å². The van der Waals surface area contributed by atoms with E-state index in [1.165, 1.54) is 26.0 Å². The number of ether oxygens (including phenoxy) is 1. The Morgan fingerprint density at radius 2 is 2.03 bits per heavy atom. The van der Waals surface area contributed by atoms with E-state index < -0.39 is 5.69 Å². The number of nitrogens with zero attached hydrogens (tertiary/aromatic N) is 3. The van der Waals surface area contributed by atoms with Crippen LogP contribution in [0.2, 0.25) is 0 Å². The number of hydrogen-bond acceptors (Lipinski definition) is 6. The van der Waals surface area contributed by atoms with Gasteiger partial charge in [0.15, 0.2) is 0 Å². The number of aryl methyl sites for hydroxylation is 1. The van der Waals surface area contributed by atoms with Crippen LogP contribution in [0.1, 0.15) is 25.3 Å². The van der Waals surface area contributed by atoms with E-state index in [1.54, 1.807) is 12.3 Å². The number of amides is 1. The maximum Gasteiger partial charge on any atom is 0.332 e. The van der Waals surface area contributed by atoms with E-state index in [4.69, 9.17) is 4.74 Å². The van der Waals surface area contributed by atoms with Gasteiger partial charge in [-0.1, -0.05) is 19.1 Å². The summed E-state index contributed by atoms with van der Waals surface area (Å²) >= 11 is 1.24. The fraction of sp³-hybridized carbons (Fsp3) is 0.333. The van der Waals surface area contributed by atoms with Gasteiger partial charge in [-0.25, -0.2) is 9.78 Å². The number of carbonyl (C=O) groups excluding carboxylic acids is 1. The molecule has 1 saturated heterocycles. The van der Waals surface area contributed by atoms with Gasteiger partial charge in [-0.05, 0) is 49.1 Å². The van der Waals surface area contributed by atoms with Crippen LogP contribution in [0.15, 0.2) is 52.2 Å². The highest BCUT2D eigenvalue weighted by molar-refractivity contribution is 7.25. The summed E-state index contributed by atoms with van der Waals surface area (Å²) in [6.45, 7) is 2.66. The molecule has 0 spiro atoms. The fourth-order valence-corrected chi connectivity index (χ4v) is 5.35. The van der Waals surface area contributed by atoms with E-state index in [-0.39, 0.29) is 30.7 Å². The summed E-state index contributed by atoms with van der Waals surface area (Å²) in [5.74, 6) is -0.340. The van der Waals surface area contributed by atoms with E-state index in [0.29, 0.717) is 32.7 Å². The number of pyridine rings is 1. The lowest BCUT2D eigenvalue weighted by atomic mass is 10.1. The van der Waals surface area contributed by atoms with Gasteiger partial charge in [-0.15, -0.1) is 11.3 Å². The van der Waals surface area contributed by atoms with Crippen molar-refractivity contribution in [2.24, 2.45) is 0 Å². The van der Waals surface area contributed by atoms with Crippen molar-refractivity contribution in [3.63, 3.8) is 0 Å². The Labute approximate surface area is 193 Å². The van der Waals surface area contributed by atoms with Crippen LogP contribution in [0.4, 0.5) is 5.69 Å². The van der Waals surface area contributed by atoms with Crippen molar-refractivity contribution < 1.29 is 9.53 Å². The van der Waals surface area contributed by atoms with Gasteiger partial charge in [0.1, 0.15) is 16.1 Å². The van der Waals surface area contributed by atoms with Crippen LogP contribution in [0.5, 0.6) is 0 Å². The molecule has 5 rings (SSSR count). The van der Waals surface area contributed by atoms with Crippen LogP contribution in [0, 0.1) is 0 Å². The van der Waals surface area contributed by atoms with Crippen LogP contribution in [0.3, 0.4) is 0 Å². The SMILES string of the molecule is CCc1ccc(NC(=O)Cn2c(=O)n(C[C@@H]3CCCO3)c(=O)c3sc4ncccc4c32)cc1. The Bertz CT molecular complexity index is 1450. The van der Waals surface area contributed by atoms with Crippen LogP contribution < -0.4 is 16.6 Å². The second kappa shape index (κ2) is 8.92. The number of rotatable bonds is 6. The quantitative estimate of drug-likeness (QED) is 0.473. The van der Waals surface area contributed by atoms with Gasteiger partial charge >= 0.3 is 5.69 Å². The van der Waals surface area contributed by atoms with Gasteiger partial charge in [0.25, 0.3) is 5.56 Å². The zero-order chi connectivity index (χ0) is 22.9. The minimum absolute atomic E-state index is 0.176. The van der Waals surface area contributed by atoms with E-state index >= 15 is 0 Å². The molecule has 1 amide bonds. The molecule has 0 saturated carbocycles. The van der Waals surface area contributed by atoms with Crippen molar-refractivity contribution in [3.05, 3.63) is 69.0 Å². The summed E-state index contributed by atoms with van der Waals surface area (Å²) in [5, 5.41) is 3.55. The number of carbonyl (C=O) groups is 1. The van der Waals surface area contributed by atoms with E-state index in [1.807, 2.05) is 30.3 Å². The molecule has 33 heavy (non-hydrogen) atoms. The van der Waals surface area contributed by atoms with Crippen molar-refractivity contribution >= 4 is 43.4 Å². The second-order valence-electron chi connectivity index (χ2n) is 8.15. The van der Waals surface area contributed by atoms with Crippen LogP contribution in [-0.2, 0) is 29.0 Å². The fourth-order valence-electron chi connectivity index (χ4n) is 4.25. The Morgan fingerprint density at radius 3 is 2.76 bits per heavy atom. The normalized spacial score (nSPS) is 16.0. The van der Waals surface area contributed by atoms with Crippen molar-refractivity contribution in [3.8, 4) is 0 Å². The molecule has 0 unspecified atom stereocenters. The molecule has 9 heteroatoms. The maximum absolute atomic E-state index is 13.5.